The molecule has 0 radical (unpaired) electrons. The lowest BCUT2D eigenvalue weighted by molar-refractivity contribution is 0.627. The highest BCUT2D eigenvalue weighted by molar-refractivity contribution is 8.16. The van der Waals surface area contributed by atoms with Crippen molar-refractivity contribution in [3.8, 4) is 28.3 Å². The quantitative estimate of drug-likeness (QED) is 0.160. The SMILES string of the molecule is [C-]#[N+]c1ccc(-c2ccc(SCSc3ccc(-c4ccc(C#N)cc4)c(F)c3)cc2F)cc1. The van der Waals surface area contributed by atoms with E-state index in [0.717, 1.165) is 20.9 Å². The standard InChI is InChI=1S/C27H16F2N2S2/c1-31-21-8-6-20(7-9-21)25-13-11-23(15-27(25)29)33-17-32-22-10-12-24(26(28)14-22)19-4-2-18(16-30)3-5-19/h2-15H,17H2. The van der Waals surface area contributed by atoms with E-state index in [2.05, 4.69) is 10.9 Å². The maximum absolute atomic E-state index is 14.6. The predicted molar refractivity (Wildman–Crippen MR) is 131 cm³/mol. The molecule has 160 valence electrons. The third-order valence-electron chi connectivity index (χ3n) is 4.96. The summed E-state index contributed by atoms with van der Waals surface area (Å²) in [5, 5.41) is 9.50. The molecule has 0 amide bonds. The third kappa shape index (κ3) is 5.43. The molecular weight excluding hydrogens is 454 g/mol. The van der Waals surface area contributed by atoms with Crippen LogP contribution in [0.25, 0.3) is 27.1 Å². The first-order valence-electron chi connectivity index (χ1n) is 9.90. The van der Waals surface area contributed by atoms with Crippen molar-refractivity contribution in [2.75, 3.05) is 5.08 Å². The van der Waals surface area contributed by atoms with Crippen LogP contribution in [-0.2, 0) is 0 Å². The Hall–Kier alpha value is -3.58. The first-order valence-corrected chi connectivity index (χ1v) is 11.9. The molecule has 4 rings (SSSR count). The summed E-state index contributed by atoms with van der Waals surface area (Å²) in [4.78, 5) is 4.92. The first-order chi connectivity index (χ1) is 16.1. The van der Waals surface area contributed by atoms with Gasteiger partial charge in [0.05, 0.1) is 18.2 Å². The number of hydrogen-bond acceptors (Lipinski definition) is 3. The summed E-state index contributed by atoms with van der Waals surface area (Å²) >= 11 is 2.96. The Balaban J connectivity index is 1.38. The normalized spacial score (nSPS) is 10.4. The van der Waals surface area contributed by atoms with Gasteiger partial charge in [0.1, 0.15) is 11.6 Å². The molecular formula is C27H16F2N2S2. The minimum absolute atomic E-state index is 0.321. The molecule has 0 aromatic heterocycles. The number of rotatable bonds is 6. The van der Waals surface area contributed by atoms with Crippen LogP contribution in [0.2, 0.25) is 0 Å². The van der Waals surface area contributed by atoms with Crippen LogP contribution in [0.5, 0.6) is 0 Å². The summed E-state index contributed by atoms with van der Waals surface area (Å²) < 4.78 is 29.3. The maximum Gasteiger partial charge on any atom is 0.187 e. The Morgan fingerprint density at radius 2 is 1.21 bits per heavy atom. The highest BCUT2D eigenvalue weighted by Gasteiger charge is 2.09. The lowest BCUT2D eigenvalue weighted by Gasteiger charge is -2.08. The Morgan fingerprint density at radius 3 is 1.64 bits per heavy atom. The lowest BCUT2D eigenvalue weighted by Crippen LogP contribution is -1.87. The van der Waals surface area contributed by atoms with E-state index in [1.165, 1.54) is 35.7 Å². The lowest BCUT2D eigenvalue weighted by atomic mass is 10.0. The van der Waals surface area contributed by atoms with E-state index in [1.54, 1.807) is 60.7 Å². The van der Waals surface area contributed by atoms with Crippen LogP contribution in [0.4, 0.5) is 14.5 Å². The number of thioether (sulfide) groups is 2. The summed E-state index contributed by atoms with van der Waals surface area (Å²) in [7, 11) is 0. The van der Waals surface area contributed by atoms with Crippen LogP contribution < -0.4 is 0 Å². The monoisotopic (exact) mass is 470 g/mol. The van der Waals surface area contributed by atoms with Gasteiger partial charge in [0, 0.05) is 26.0 Å². The maximum atomic E-state index is 14.6. The Kier molecular flexibility index (Phi) is 7.10. The second-order valence-corrected chi connectivity index (χ2v) is 9.50. The summed E-state index contributed by atoms with van der Waals surface area (Å²) in [6.45, 7) is 7.01. The molecule has 0 unspecified atom stereocenters. The predicted octanol–water partition coefficient (Wildman–Crippen LogP) is 8.56. The molecule has 0 aliphatic carbocycles. The van der Waals surface area contributed by atoms with Gasteiger partial charge in [-0.1, -0.05) is 48.5 Å². The molecule has 0 aliphatic rings. The molecule has 4 aromatic carbocycles. The van der Waals surface area contributed by atoms with Crippen LogP contribution in [-0.4, -0.2) is 5.08 Å². The van der Waals surface area contributed by atoms with Crippen molar-refractivity contribution in [3.63, 3.8) is 0 Å². The Labute approximate surface area is 199 Å². The minimum atomic E-state index is -0.325. The first kappa shape index (κ1) is 22.6. The third-order valence-corrected chi connectivity index (χ3v) is 7.08. The average Bonchev–Trinajstić information content (AvgIpc) is 2.84. The van der Waals surface area contributed by atoms with Crippen LogP contribution in [0.15, 0.2) is 94.7 Å². The summed E-state index contributed by atoms with van der Waals surface area (Å²) in [5.74, 6) is -0.646. The molecule has 0 aliphatic heterocycles. The van der Waals surface area contributed by atoms with Crippen molar-refractivity contribution in [2.45, 2.75) is 9.79 Å². The molecule has 0 saturated heterocycles. The zero-order valence-corrected chi connectivity index (χ0v) is 18.9. The number of halogens is 2. The van der Waals surface area contributed by atoms with Crippen LogP contribution in [0.1, 0.15) is 5.56 Å². The van der Waals surface area contributed by atoms with Gasteiger partial charge in [-0.05, 0) is 47.5 Å². The zero-order valence-electron chi connectivity index (χ0n) is 17.3. The smallest absolute Gasteiger partial charge is 0.187 e. The van der Waals surface area contributed by atoms with E-state index in [-0.39, 0.29) is 11.6 Å². The average molecular weight is 471 g/mol. The fourth-order valence-corrected chi connectivity index (χ4v) is 5.27. The van der Waals surface area contributed by atoms with Gasteiger partial charge in [-0.15, -0.1) is 23.5 Å². The van der Waals surface area contributed by atoms with E-state index >= 15 is 0 Å². The van der Waals surface area contributed by atoms with Gasteiger partial charge < -0.3 is 0 Å². The second-order valence-electron chi connectivity index (χ2n) is 7.04. The van der Waals surface area contributed by atoms with Gasteiger partial charge in [0.15, 0.2) is 5.69 Å². The summed E-state index contributed by atoms with van der Waals surface area (Å²) in [6, 6.07) is 25.9. The van der Waals surface area contributed by atoms with Crippen molar-refractivity contribution in [1.82, 2.24) is 0 Å². The van der Waals surface area contributed by atoms with Gasteiger partial charge in [-0.3, -0.25) is 0 Å². The van der Waals surface area contributed by atoms with Gasteiger partial charge in [0.25, 0.3) is 0 Å². The molecule has 0 bridgehead atoms. The van der Waals surface area contributed by atoms with E-state index in [4.69, 9.17) is 11.8 Å². The van der Waals surface area contributed by atoms with Gasteiger partial charge in [-0.2, -0.15) is 5.26 Å². The van der Waals surface area contributed by atoms with Crippen LogP contribution in [0, 0.1) is 29.5 Å². The molecule has 0 heterocycles. The van der Waals surface area contributed by atoms with Crippen LogP contribution in [0.3, 0.4) is 0 Å². The van der Waals surface area contributed by atoms with Crippen molar-refractivity contribution in [2.24, 2.45) is 0 Å². The van der Waals surface area contributed by atoms with Crippen molar-refractivity contribution in [1.29, 1.82) is 5.26 Å². The van der Waals surface area contributed by atoms with Gasteiger partial charge in [0.2, 0.25) is 0 Å². The molecule has 4 aromatic rings. The summed E-state index contributed by atoms with van der Waals surface area (Å²) in [6.07, 6.45) is 0. The van der Waals surface area contributed by atoms with Gasteiger partial charge >= 0.3 is 0 Å². The van der Waals surface area contributed by atoms with Crippen molar-refractivity contribution in [3.05, 3.63) is 114 Å². The molecule has 33 heavy (non-hydrogen) atoms. The second kappa shape index (κ2) is 10.4. The van der Waals surface area contributed by atoms with E-state index in [9.17, 15) is 8.78 Å². The molecule has 2 nitrogen and oxygen atoms in total. The number of nitrogens with zero attached hydrogens (tertiary/aromatic N) is 2. The molecule has 6 heteroatoms. The van der Waals surface area contributed by atoms with E-state index in [0.29, 0.717) is 27.5 Å². The van der Waals surface area contributed by atoms with Gasteiger partial charge in [-0.25, -0.2) is 13.6 Å². The largest absolute Gasteiger partial charge is 0.238 e. The van der Waals surface area contributed by atoms with Crippen LogP contribution >= 0.6 is 23.5 Å². The van der Waals surface area contributed by atoms with E-state index < -0.39 is 0 Å². The van der Waals surface area contributed by atoms with E-state index in [1.807, 2.05) is 12.1 Å². The van der Waals surface area contributed by atoms with Crippen molar-refractivity contribution >= 4 is 29.2 Å². The highest BCUT2D eigenvalue weighted by atomic mass is 32.2. The molecule has 0 fully saturated rings. The Bertz CT molecular complexity index is 1260. The fraction of sp³-hybridized carbons (Fsp3) is 0.0370. The molecule has 0 N–H and O–H groups in total. The fourth-order valence-electron chi connectivity index (χ4n) is 3.24. The topological polar surface area (TPSA) is 28.1 Å². The van der Waals surface area contributed by atoms with Crippen molar-refractivity contribution < 1.29 is 8.78 Å². The Morgan fingerprint density at radius 1 is 0.727 bits per heavy atom. The molecule has 0 atom stereocenters. The molecule has 0 saturated carbocycles. The highest BCUT2D eigenvalue weighted by Crippen LogP contribution is 2.33. The minimum Gasteiger partial charge on any atom is -0.238 e. The number of hydrogen-bond donors (Lipinski definition) is 0. The zero-order chi connectivity index (χ0) is 23.2. The number of benzene rings is 4. The summed E-state index contributed by atoms with van der Waals surface area (Å²) in [5.41, 5.74) is 3.47. The molecule has 0 spiro atoms. The number of nitriles is 1.